The molecule has 1 aliphatic rings. The first-order valence-electron chi connectivity index (χ1n) is 6.24. The van der Waals surface area contributed by atoms with Gasteiger partial charge in [0.25, 0.3) is 0 Å². The summed E-state index contributed by atoms with van der Waals surface area (Å²) >= 11 is 1.82. The third-order valence-electron chi connectivity index (χ3n) is 3.36. The number of rotatable bonds is 3. The molecule has 3 nitrogen and oxygen atoms in total. The first kappa shape index (κ1) is 11.0. The van der Waals surface area contributed by atoms with E-state index in [4.69, 9.17) is 4.98 Å². The van der Waals surface area contributed by atoms with Gasteiger partial charge in [-0.15, -0.1) is 11.3 Å². The number of aryl methyl sites for hydroxylation is 1. The molecular weight excluding hydrogens is 230 g/mol. The molecule has 2 aromatic rings. The smallest absolute Gasteiger partial charge is 0.0960 e. The van der Waals surface area contributed by atoms with E-state index in [0.29, 0.717) is 0 Å². The molecule has 4 heteroatoms. The van der Waals surface area contributed by atoms with Gasteiger partial charge < -0.3 is 0 Å². The average molecular weight is 247 g/mol. The Morgan fingerprint density at radius 3 is 2.94 bits per heavy atom. The third-order valence-corrected chi connectivity index (χ3v) is 4.42. The molecule has 1 aliphatic carbocycles. The van der Waals surface area contributed by atoms with Crippen LogP contribution in [0.1, 0.15) is 47.9 Å². The summed E-state index contributed by atoms with van der Waals surface area (Å²) in [4.78, 5) is 4.75. The number of nitrogens with zero attached hydrogens (tertiary/aromatic N) is 3. The van der Waals surface area contributed by atoms with Crippen molar-refractivity contribution in [2.45, 2.75) is 45.1 Å². The highest BCUT2D eigenvalue weighted by Gasteiger charge is 2.20. The summed E-state index contributed by atoms with van der Waals surface area (Å²) in [6.07, 6.45) is 9.36. The number of hydrogen-bond donors (Lipinski definition) is 0. The summed E-state index contributed by atoms with van der Waals surface area (Å²) in [7, 11) is 0. The first-order valence-corrected chi connectivity index (χ1v) is 7.12. The van der Waals surface area contributed by atoms with E-state index in [0.717, 1.165) is 18.2 Å². The van der Waals surface area contributed by atoms with E-state index >= 15 is 0 Å². The van der Waals surface area contributed by atoms with E-state index in [1.165, 1.54) is 36.3 Å². The van der Waals surface area contributed by atoms with E-state index in [1.807, 2.05) is 22.2 Å². The van der Waals surface area contributed by atoms with Crippen molar-refractivity contribution in [3.8, 4) is 0 Å². The van der Waals surface area contributed by atoms with Crippen molar-refractivity contribution in [1.82, 2.24) is 14.8 Å². The zero-order valence-electron chi connectivity index (χ0n) is 10.1. The van der Waals surface area contributed by atoms with Crippen LogP contribution in [0.4, 0.5) is 0 Å². The molecule has 1 fully saturated rings. The van der Waals surface area contributed by atoms with Gasteiger partial charge in [-0.25, -0.2) is 4.98 Å². The molecule has 0 amide bonds. The van der Waals surface area contributed by atoms with Crippen LogP contribution in [-0.4, -0.2) is 14.8 Å². The lowest BCUT2D eigenvalue weighted by Crippen LogP contribution is -2.01. The van der Waals surface area contributed by atoms with Gasteiger partial charge in [0.15, 0.2) is 0 Å². The Hall–Kier alpha value is -1.16. The van der Waals surface area contributed by atoms with Crippen LogP contribution in [0.2, 0.25) is 0 Å². The van der Waals surface area contributed by atoms with Gasteiger partial charge in [0.2, 0.25) is 0 Å². The summed E-state index contributed by atoms with van der Waals surface area (Å²) < 4.78 is 1.96. The van der Waals surface area contributed by atoms with Gasteiger partial charge in [0.1, 0.15) is 0 Å². The van der Waals surface area contributed by atoms with Gasteiger partial charge in [-0.2, -0.15) is 5.10 Å². The molecule has 0 radical (unpaired) electrons. The molecule has 0 aromatic carbocycles. The van der Waals surface area contributed by atoms with Crippen LogP contribution in [0, 0.1) is 6.92 Å². The highest BCUT2D eigenvalue weighted by atomic mass is 32.1. The van der Waals surface area contributed by atoms with E-state index in [1.54, 1.807) is 0 Å². The Labute approximate surface area is 106 Å². The Morgan fingerprint density at radius 1 is 1.41 bits per heavy atom. The molecular formula is C13H17N3S. The van der Waals surface area contributed by atoms with Crippen LogP contribution in [-0.2, 0) is 6.54 Å². The quantitative estimate of drug-likeness (QED) is 0.832. The maximum absolute atomic E-state index is 4.75. The van der Waals surface area contributed by atoms with Gasteiger partial charge >= 0.3 is 0 Å². The van der Waals surface area contributed by atoms with Crippen LogP contribution in [0.15, 0.2) is 17.8 Å². The number of aromatic nitrogens is 3. The van der Waals surface area contributed by atoms with Crippen molar-refractivity contribution in [1.29, 1.82) is 0 Å². The fourth-order valence-electron chi connectivity index (χ4n) is 2.47. The van der Waals surface area contributed by atoms with Crippen LogP contribution < -0.4 is 0 Å². The lowest BCUT2D eigenvalue weighted by atomic mass is 10.1. The highest BCUT2D eigenvalue weighted by molar-refractivity contribution is 7.09. The normalized spacial score (nSPS) is 16.8. The van der Waals surface area contributed by atoms with Crippen molar-refractivity contribution >= 4 is 11.3 Å². The largest absolute Gasteiger partial charge is 0.266 e. The van der Waals surface area contributed by atoms with Gasteiger partial charge in [0.05, 0.1) is 23.4 Å². The maximum Gasteiger partial charge on any atom is 0.0960 e. The van der Waals surface area contributed by atoms with Crippen LogP contribution in [0.5, 0.6) is 0 Å². The molecule has 17 heavy (non-hydrogen) atoms. The average Bonchev–Trinajstić information content (AvgIpc) is 3.00. The molecule has 0 bridgehead atoms. The predicted octanol–water partition coefficient (Wildman–Crippen LogP) is 3.35. The topological polar surface area (TPSA) is 30.7 Å². The van der Waals surface area contributed by atoms with E-state index in [2.05, 4.69) is 23.6 Å². The molecule has 0 spiro atoms. The zero-order valence-corrected chi connectivity index (χ0v) is 10.9. The van der Waals surface area contributed by atoms with Gasteiger partial charge in [-0.05, 0) is 25.3 Å². The molecule has 0 saturated heterocycles. The van der Waals surface area contributed by atoms with E-state index in [-0.39, 0.29) is 0 Å². The van der Waals surface area contributed by atoms with Gasteiger partial charge in [0, 0.05) is 17.5 Å². The minimum Gasteiger partial charge on any atom is -0.266 e. The Balaban J connectivity index is 1.71. The Morgan fingerprint density at radius 2 is 2.24 bits per heavy atom. The molecule has 0 aliphatic heterocycles. The van der Waals surface area contributed by atoms with Crippen LogP contribution >= 0.6 is 11.3 Å². The second kappa shape index (κ2) is 4.61. The van der Waals surface area contributed by atoms with Crippen LogP contribution in [0.3, 0.4) is 0 Å². The zero-order chi connectivity index (χ0) is 11.7. The monoisotopic (exact) mass is 247 g/mol. The van der Waals surface area contributed by atoms with Crippen molar-refractivity contribution in [2.75, 3.05) is 0 Å². The lowest BCUT2D eigenvalue weighted by Gasteiger charge is -2.02. The predicted molar refractivity (Wildman–Crippen MR) is 69.4 cm³/mol. The second-order valence-corrected chi connectivity index (χ2v) is 5.76. The minimum atomic E-state index is 0.730. The number of thiazole rings is 1. The highest BCUT2D eigenvalue weighted by Crippen LogP contribution is 2.35. The maximum atomic E-state index is 4.75. The Bertz CT molecular complexity index is 494. The summed E-state index contributed by atoms with van der Waals surface area (Å²) in [5.74, 6) is 0.730. The molecule has 0 atom stereocenters. The molecule has 0 N–H and O–H groups in total. The van der Waals surface area contributed by atoms with Crippen molar-refractivity contribution < 1.29 is 0 Å². The van der Waals surface area contributed by atoms with Gasteiger partial charge in [-0.3, -0.25) is 4.68 Å². The van der Waals surface area contributed by atoms with Crippen molar-refractivity contribution in [3.05, 3.63) is 34.0 Å². The van der Waals surface area contributed by atoms with E-state index < -0.39 is 0 Å². The summed E-state index contributed by atoms with van der Waals surface area (Å²) in [5.41, 5.74) is 2.36. The molecule has 3 rings (SSSR count). The molecule has 2 heterocycles. The molecule has 1 saturated carbocycles. The Kier molecular flexibility index (Phi) is 2.97. The van der Waals surface area contributed by atoms with Gasteiger partial charge in [-0.1, -0.05) is 12.8 Å². The fourth-order valence-corrected chi connectivity index (χ4v) is 3.46. The van der Waals surface area contributed by atoms with E-state index in [9.17, 15) is 0 Å². The first-order chi connectivity index (χ1) is 8.31. The molecule has 0 unspecified atom stereocenters. The minimum absolute atomic E-state index is 0.730. The standard InChI is InChI=1S/C13H17N3S/c1-10-6-14-16(7-10)8-12-9-17-13(15-12)11-4-2-3-5-11/h6-7,9,11H,2-5,8H2,1H3. The number of hydrogen-bond acceptors (Lipinski definition) is 3. The lowest BCUT2D eigenvalue weighted by molar-refractivity contribution is 0.662. The summed E-state index contributed by atoms with van der Waals surface area (Å²) in [6.45, 7) is 2.87. The summed E-state index contributed by atoms with van der Waals surface area (Å²) in [5, 5.41) is 7.82. The summed E-state index contributed by atoms with van der Waals surface area (Å²) in [6, 6.07) is 0. The van der Waals surface area contributed by atoms with Crippen LogP contribution in [0.25, 0.3) is 0 Å². The SMILES string of the molecule is Cc1cnn(Cc2csc(C3CCCC3)n2)c1. The molecule has 2 aromatic heterocycles. The second-order valence-electron chi connectivity index (χ2n) is 4.87. The van der Waals surface area contributed by atoms with Crippen molar-refractivity contribution in [3.63, 3.8) is 0 Å². The van der Waals surface area contributed by atoms with Crippen molar-refractivity contribution in [2.24, 2.45) is 0 Å². The third kappa shape index (κ3) is 2.41. The molecule has 90 valence electrons. The fraction of sp³-hybridized carbons (Fsp3) is 0.538.